The van der Waals surface area contributed by atoms with E-state index in [9.17, 15) is 9.59 Å². The van der Waals surface area contributed by atoms with Gasteiger partial charge in [-0.3, -0.25) is 4.79 Å². The number of rotatable bonds is 6. The molecule has 1 aliphatic carbocycles. The number of anilines is 1. The lowest BCUT2D eigenvalue weighted by Crippen LogP contribution is -2.18. The van der Waals surface area contributed by atoms with Gasteiger partial charge in [-0.25, -0.2) is 4.79 Å². The summed E-state index contributed by atoms with van der Waals surface area (Å²) in [6.45, 7) is 4.57. The van der Waals surface area contributed by atoms with Crippen molar-refractivity contribution in [2.75, 3.05) is 11.9 Å². The van der Waals surface area contributed by atoms with E-state index in [1.807, 2.05) is 19.1 Å². The minimum Gasteiger partial charge on any atom is -0.462 e. The quantitative estimate of drug-likeness (QED) is 0.665. The summed E-state index contributed by atoms with van der Waals surface area (Å²) in [6.07, 6.45) is 3.86. The van der Waals surface area contributed by atoms with E-state index in [4.69, 9.17) is 16.3 Å². The Bertz CT molecular complexity index is 829. The Morgan fingerprint density at radius 3 is 2.74 bits per heavy atom. The molecule has 1 heterocycles. The van der Waals surface area contributed by atoms with E-state index in [0.717, 1.165) is 36.8 Å². The van der Waals surface area contributed by atoms with Crippen LogP contribution in [0.25, 0.3) is 0 Å². The Morgan fingerprint density at radius 1 is 1.30 bits per heavy atom. The number of ether oxygens (including phenoxy) is 1. The molecule has 3 rings (SSSR count). The van der Waals surface area contributed by atoms with Crippen molar-refractivity contribution < 1.29 is 14.3 Å². The summed E-state index contributed by atoms with van der Waals surface area (Å²) < 4.78 is 5.38. The minimum atomic E-state index is -0.328. The van der Waals surface area contributed by atoms with Gasteiger partial charge in [0.15, 0.2) is 0 Å². The van der Waals surface area contributed by atoms with Gasteiger partial charge in [-0.05, 0) is 54.9 Å². The summed E-state index contributed by atoms with van der Waals surface area (Å²) in [4.78, 5) is 26.4. The Kier molecular flexibility index (Phi) is 6.55. The highest BCUT2D eigenvalue weighted by molar-refractivity contribution is 7.17. The van der Waals surface area contributed by atoms with Crippen LogP contribution in [0.5, 0.6) is 0 Å². The number of hydrogen-bond acceptors (Lipinski definition) is 4. The highest BCUT2D eigenvalue weighted by Gasteiger charge is 2.29. The van der Waals surface area contributed by atoms with Crippen molar-refractivity contribution in [1.82, 2.24) is 0 Å². The molecular weight excluding hydrogens is 382 g/mol. The Hall–Kier alpha value is -1.85. The van der Waals surface area contributed by atoms with Crippen molar-refractivity contribution in [2.45, 2.75) is 46.0 Å². The zero-order valence-electron chi connectivity index (χ0n) is 15.6. The van der Waals surface area contributed by atoms with E-state index in [1.54, 1.807) is 12.1 Å². The average Bonchev–Trinajstić information content (AvgIpc) is 2.98. The fourth-order valence-corrected chi connectivity index (χ4v) is 4.82. The molecule has 1 aromatic heterocycles. The maximum absolute atomic E-state index is 12.6. The number of thiophene rings is 1. The standard InChI is InChI=1S/C21H24ClNO3S/c1-3-10-26-21(25)19-16-9-4-13(2)11-17(16)27-20(19)23-18(24)12-14-5-7-15(22)8-6-14/h5-8,13H,3-4,9-12H2,1-2H3,(H,23,24). The van der Waals surface area contributed by atoms with Crippen LogP contribution in [-0.4, -0.2) is 18.5 Å². The highest BCUT2D eigenvalue weighted by Crippen LogP contribution is 2.40. The zero-order chi connectivity index (χ0) is 19.4. The molecule has 0 saturated carbocycles. The largest absolute Gasteiger partial charge is 0.462 e. The molecule has 2 aromatic rings. The van der Waals surface area contributed by atoms with Crippen molar-refractivity contribution in [3.05, 3.63) is 50.9 Å². The molecule has 0 spiro atoms. The lowest BCUT2D eigenvalue weighted by Gasteiger charge is -2.18. The summed E-state index contributed by atoms with van der Waals surface area (Å²) in [5.74, 6) is 0.118. The molecular formula is C21H24ClNO3S. The fourth-order valence-electron chi connectivity index (χ4n) is 3.28. The second-order valence-electron chi connectivity index (χ2n) is 7.04. The van der Waals surface area contributed by atoms with Gasteiger partial charge >= 0.3 is 5.97 Å². The average molecular weight is 406 g/mol. The van der Waals surface area contributed by atoms with Crippen LogP contribution >= 0.6 is 22.9 Å². The SMILES string of the molecule is CCCOC(=O)c1c(NC(=O)Cc2ccc(Cl)cc2)sc2c1CCC(C)C2. The molecule has 0 saturated heterocycles. The first-order chi connectivity index (χ1) is 13.0. The Labute approximate surface area is 168 Å². The number of nitrogens with one attached hydrogen (secondary N) is 1. The molecule has 144 valence electrons. The molecule has 1 aliphatic rings. The molecule has 0 aliphatic heterocycles. The molecule has 1 aromatic carbocycles. The van der Waals surface area contributed by atoms with Gasteiger partial charge in [0, 0.05) is 9.90 Å². The van der Waals surface area contributed by atoms with E-state index in [0.29, 0.717) is 28.1 Å². The number of halogens is 1. The highest BCUT2D eigenvalue weighted by atomic mass is 35.5. The van der Waals surface area contributed by atoms with Crippen LogP contribution in [0.4, 0.5) is 5.00 Å². The third kappa shape index (κ3) is 4.90. The topological polar surface area (TPSA) is 55.4 Å². The molecule has 1 atom stereocenters. The second-order valence-corrected chi connectivity index (χ2v) is 8.58. The molecule has 1 amide bonds. The van der Waals surface area contributed by atoms with Gasteiger partial charge in [0.1, 0.15) is 5.00 Å². The number of carbonyl (C=O) groups excluding carboxylic acids is 2. The molecule has 27 heavy (non-hydrogen) atoms. The third-order valence-electron chi connectivity index (χ3n) is 4.68. The smallest absolute Gasteiger partial charge is 0.341 e. The predicted molar refractivity (Wildman–Crippen MR) is 110 cm³/mol. The van der Waals surface area contributed by atoms with E-state index in [-0.39, 0.29) is 18.3 Å². The number of esters is 1. The normalized spacial score (nSPS) is 15.9. The van der Waals surface area contributed by atoms with E-state index in [2.05, 4.69) is 12.2 Å². The van der Waals surface area contributed by atoms with Crippen molar-refractivity contribution in [3.63, 3.8) is 0 Å². The van der Waals surface area contributed by atoms with Crippen LogP contribution in [0.1, 0.15) is 53.1 Å². The van der Waals surface area contributed by atoms with Gasteiger partial charge in [-0.1, -0.05) is 37.6 Å². The molecule has 1 unspecified atom stereocenters. The molecule has 4 nitrogen and oxygen atoms in total. The van der Waals surface area contributed by atoms with Crippen LogP contribution in [-0.2, 0) is 28.8 Å². The van der Waals surface area contributed by atoms with Gasteiger partial charge in [0.05, 0.1) is 18.6 Å². The third-order valence-corrected chi connectivity index (χ3v) is 6.11. The molecule has 6 heteroatoms. The predicted octanol–water partition coefficient (Wildman–Crippen LogP) is 5.27. The van der Waals surface area contributed by atoms with E-state index < -0.39 is 0 Å². The summed E-state index contributed by atoms with van der Waals surface area (Å²) in [5.41, 5.74) is 2.49. The molecule has 1 N–H and O–H groups in total. The summed E-state index contributed by atoms with van der Waals surface area (Å²) in [5, 5.41) is 4.21. The lowest BCUT2D eigenvalue weighted by molar-refractivity contribution is -0.115. The summed E-state index contributed by atoms with van der Waals surface area (Å²) in [7, 11) is 0. The van der Waals surface area contributed by atoms with Crippen molar-refractivity contribution in [1.29, 1.82) is 0 Å². The number of amides is 1. The number of carbonyl (C=O) groups is 2. The first kappa shape index (κ1) is 19.9. The zero-order valence-corrected chi connectivity index (χ0v) is 17.2. The molecule has 0 radical (unpaired) electrons. The van der Waals surface area contributed by atoms with Gasteiger partial charge < -0.3 is 10.1 Å². The monoisotopic (exact) mass is 405 g/mol. The molecule has 0 bridgehead atoms. The maximum Gasteiger partial charge on any atom is 0.341 e. The maximum atomic E-state index is 12.6. The van der Waals surface area contributed by atoms with Crippen LogP contribution in [0.15, 0.2) is 24.3 Å². The second kappa shape index (κ2) is 8.89. The fraction of sp³-hybridized carbons (Fsp3) is 0.429. The minimum absolute atomic E-state index is 0.145. The first-order valence-electron chi connectivity index (χ1n) is 9.33. The van der Waals surface area contributed by atoms with Gasteiger partial charge in [-0.2, -0.15) is 0 Å². The number of benzene rings is 1. The number of fused-ring (bicyclic) bond motifs is 1. The molecule has 0 fully saturated rings. The summed E-state index contributed by atoms with van der Waals surface area (Å²) in [6, 6.07) is 7.20. The Balaban J connectivity index is 1.81. The first-order valence-corrected chi connectivity index (χ1v) is 10.5. The van der Waals surface area contributed by atoms with Crippen LogP contribution in [0.2, 0.25) is 5.02 Å². The lowest BCUT2D eigenvalue weighted by atomic mass is 9.88. The van der Waals surface area contributed by atoms with Crippen molar-refractivity contribution >= 4 is 39.8 Å². The van der Waals surface area contributed by atoms with Crippen LogP contribution in [0.3, 0.4) is 0 Å². The van der Waals surface area contributed by atoms with E-state index in [1.165, 1.54) is 16.2 Å². The van der Waals surface area contributed by atoms with E-state index >= 15 is 0 Å². The Morgan fingerprint density at radius 2 is 2.04 bits per heavy atom. The van der Waals surface area contributed by atoms with Gasteiger partial charge in [0.25, 0.3) is 0 Å². The van der Waals surface area contributed by atoms with Crippen molar-refractivity contribution in [3.8, 4) is 0 Å². The summed E-state index contributed by atoms with van der Waals surface area (Å²) >= 11 is 7.41. The van der Waals surface area contributed by atoms with Gasteiger partial charge in [0.2, 0.25) is 5.91 Å². The van der Waals surface area contributed by atoms with Gasteiger partial charge in [-0.15, -0.1) is 11.3 Å². The van der Waals surface area contributed by atoms with Crippen LogP contribution < -0.4 is 5.32 Å². The van der Waals surface area contributed by atoms with Crippen molar-refractivity contribution in [2.24, 2.45) is 5.92 Å². The van der Waals surface area contributed by atoms with Crippen LogP contribution in [0, 0.1) is 5.92 Å². The number of hydrogen-bond donors (Lipinski definition) is 1.